The summed E-state index contributed by atoms with van der Waals surface area (Å²) in [6.45, 7) is 8.33. The summed E-state index contributed by atoms with van der Waals surface area (Å²) in [6, 6.07) is 8.32. The van der Waals surface area contributed by atoms with Gasteiger partial charge in [0.2, 0.25) is 0 Å². The molecule has 2 aliphatic rings. The minimum atomic E-state index is -0.275. The molecule has 4 heterocycles. The summed E-state index contributed by atoms with van der Waals surface area (Å²) in [4.78, 5) is 41.5. The molecule has 10 heteroatoms. The Balaban J connectivity index is 1.46. The van der Waals surface area contributed by atoms with Crippen molar-refractivity contribution in [2.45, 2.75) is 39.3 Å². The van der Waals surface area contributed by atoms with Gasteiger partial charge in [-0.1, -0.05) is 18.2 Å². The molecule has 0 unspecified atom stereocenters. The molecular weight excluding hydrogens is 490 g/mol. The van der Waals surface area contributed by atoms with Gasteiger partial charge in [-0.25, -0.2) is 9.78 Å². The molecule has 0 bridgehead atoms. The summed E-state index contributed by atoms with van der Waals surface area (Å²) < 4.78 is 11.1. The van der Waals surface area contributed by atoms with Gasteiger partial charge in [-0.05, 0) is 38.3 Å². The van der Waals surface area contributed by atoms with E-state index in [1.54, 1.807) is 16.6 Å². The van der Waals surface area contributed by atoms with Crippen LogP contribution in [0, 0.1) is 6.92 Å². The Bertz CT molecular complexity index is 1240. The number of carbonyl (C=O) groups is 2. The predicted octanol–water partition coefficient (Wildman–Crippen LogP) is 4.10. The van der Waals surface area contributed by atoms with Crippen LogP contribution in [-0.4, -0.2) is 83.8 Å². The van der Waals surface area contributed by atoms with Gasteiger partial charge in [0, 0.05) is 56.8 Å². The Morgan fingerprint density at radius 2 is 2.08 bits per heavy atom. The van der Waals surface area contributed by atoms with E-state index in [0.29, 0.717) is 50.8 Å². The van der Waals surface area contributed by atoms with E-state index >= 15 is 0 Å². The second-order valence-corrected chi connectivity index (χ2v) is 10.4. The fraction of sp³-hybridized carbons (Fsp3) is 0.481. The predicted molar refractivity (Wildman–Crippen MR) is 143 cm³/mol. The number of aromatic nitrogens is 2. The molecule has 2 fully saturated rings. The molecule has 3 aromatic rings. The van der Waals surface area contributed by atoms with Gasteiger partial charge >= 0.3 is 6.09 Å². The number of hydrogen-bond donors (Lipinski definition) is 0. The molecule has 2 saturated heterocycles. The number of rotatable bonds is 7. The van der Waals surface area contributed by atoms with Crippen LogP contribution in [0.4, 0.5) is 10.6 Å². The Morgan fingerprint density at radius 3 is 2.78 bits per heavy atom. The average Bonchev–Trinajstić information content (AvgIpc) is 3.63. The van der Waals surface area contributed by atoms with Crippen LogP contribution in [0.15, 0.2) is 36.0 Å². The number of ether oxygens (including phenoxy) is 2. The number of anilines is 1. The molecule has 2 amide bonds. The highest BCUT2D eigenvalue weighted by Crippen LogP contribution is 2.29. The van der Waals surface area contributed by atoms with Crippen molar-refractivity contribution in [1.29, 1.82) is 0 Å². The fourth-order valence-corrected chi connectivity index (χ4v) is 5.61. The maximum absolute atomic E-state index is 13.5. The molecule has 9 nitrogen and oxygen atoms in total. The van der Waals surface area contributed by atoms with Crippen molar-refractivity contribution >= 4 is 40.1 Å². The lowest BCUT2D eigenvalue weighted by molar-refractivity contribution is 0.0510. The van der Waals surface area contributed by atoms with Crippen molar-refractivity contribution in [3.8, 4) is 0 Å². The van der Waals surface area contributed by atoms with E-state index in [0.717, 1.165) is 47.3 Å². The van der Waals surface area contributed by atoms with E-state index in [1.165, 1.54) is 11.3 Å². The highest BCUT2D eigenvalue weighted by Gasteiger charge is 2.28. The van der Waals surface area contributed by atoms with Gasteiger partial charge in [0.1, 0.15) is 10.7 Å². The summed E-state index contributed by atoms with van der Waals surface area (Å²) in [5, 5.41) is 1.05. The van der Waals surface area contributed by atoms with E-state index in [9.17, 15) is 9.59 Å². The van der Waals surface area contributed by atoms with E-state index in [-0.39, 0.29) is 18.1 Å². The first-order valence-corrected chi connectivity index (χ1v) is 13.8. The van der Waals surface area contributed by atoms with Crippen LogP contribution in [0.2, 0.25) is 0 Å². The molecule has 0 radical (unpaired) electrons. The quantitative estimate of drug-likeness (QED) is 0.461. The van der Waals surface area contributed by atoms with E-state index in [2.05, 4.69) is 35.0 Å². The van der Waals surface area contributed by atoms with Crippen molar-refractivity contribution in [2.75, 3.05) is 50.8 Å². The van der Waals surface area contributed by atoms with Gasteiger partial charge in [0.15, 0.2) is 0 Å². The number of fused-ring (bicyclic) bond motifs is 1. The molecule has 1 aromatic carbocycles. The number of nitrogens with zero attached hydrogens (tertiary/aromatic N) is 5. The highest BCUT2D eigenvalue weighted by atomic mass is 32.1. The van der Waals surface area contributed by atoms with Crippen LogP contribution in [0.5, 0.6) is 0 Å². The van der Waals surface area contributed by atoms with E-state index in [4.69, 9.17) is 14.5 Å². The molecule has 196 valence electrons. The molecule has 5 rings (SSSR count). The molecule has 2 aliphatic heterocycles. The first-order chi connectivity index (χ1) is 18.0. The molecule has 0 N–H and O–H groups in total. The van der Waals surface area contributed by atoms with Crippen molar-refractivity contribution in [2.24, 2.45) is 0 Å². The van der Waals surface area contributed by atoms with Crippen molar-refractivity contribution in [3.05, 3.63) is 52.0 Å². The number of aryl methyl sites for hydroxylation is 1. The van der Waals surface area contributed by atoms with Crippen LogP contribution < -0.4 is 4.90 Å². The van der Waals surface area contributed by atoms with Crippen LogP contribution in [-0.2, 0) is 16.0 Å². The van der Waals surface area contributed by atoms with Gasteiger partial charge in [-0.3, -0.25) is 9.78 Å². The van der Waals surface area contributed by atoms with Crippen LogP contribution in [0.3, 0.4) is 0 Å². The maximum atomic E-state index is 13.5. The van der Waals surface area contributed by atoms with E-state index in [1.807, 2.05) is 17.9 Å². The lowest BCUT2D eigenvalue weighted by Gasteiger charge is -2.36. The normalized spacial score (nSPS) is 17.8. The summed E-state index contributed by atoms with van der Waals surface area (Å²) in [7, 11) is 0. The zero-order valence-corrected chi connectivity index (χ0v) is 22.2. The summed E-state index contributed by atoms with van der Waals surface area (Å²) in [6.07, 6.45) is 3.35. The second-order valence-electron chi connectivity index (χ2n) is 9.48. The third-order valence-electron chi connectivity index (χ3n) is 6.95. The Morgan fingerprint density at radius 1 is 1.24 bits per heavy atom. The second kappa shape index (κ2) is 11.4. The van der Waals surface area contributed by atoms with Gasteiger partial charge in [0.25, 0.3) is 5.91 Å². The van der Waals surface area contributed by atoms with Gasteiger partial charge in [-0.15, -0.1) is 11.3 Å². The van der Waals surface area contributed by atoms with Gasteiger partial charge < -0.3 is 24.2 Å². The maximum Gasteiger partial charge on any atom is 0.409 e. The monoisotopic (exact) mass is 523 g/mol. The average molecular weight is 524 g/mol. The lowest BCUT2D eigenvalue weighted by Crippen LogP contribution is -2.49. The fourth-order valence-electron chi connectivity index (χ4n) is 5.02. The summed E-state index contributed by atoms with van der Waals surface area (Å²) >= 11 is 1.35. The molecule has 0 saturated carbocycles. The van der Waals surface area contributed by atoms with Crippen LogP contribution in [0.25, 0.3) is 10.9 Å². The number of carbonyl (C=O) groups excluding carboxylic acids is 2. The van der Waals surface area contributed by atoms with Gasteiger partial charge in [0.05, 0.1) is 29.9 Å². The largest absolute Gasteiger partial charge is 0.450 e. The van der Waals surface area contributed by atoms with Gasteiger partial charge in [-0.2, -0.15) is 0 Å². The Kier molecular flexibility index (Phi) is 7.85. The number of amides is 2. The molecule has 1 atom stereocenters. The van der Waals surface area contributed by atoms with Crippen molar-refractivity contribution in [3.63, 3.8) is 0 Å². The SMILES string of the molecule is CCOC(=O)N1CCN(c2nc3c(C)cccc3cc2CN(C[C@@H]2CCCO2)C(=O)c2cncs2)CC1. The number of piperazine rings is 1. The topological polar surface area (TPSA) is 88.1 Å². The number of benzene rings is 1. The Labute approximate surface area is 221 Å². The van der Waals surface area contributed by atoms with Crippen molar-refractivity contribution in [1.82, 2.24) is 19.8 Å². The molecule has 37 heavy (non-hydrogen) atoms. The highest BCUT2D eigenvalue weighted by molar-refractivity contribution is 7.11. The third kappa shape index (κ3) is 5.70. The molecule has 0 aliphatic carbocycles. The minimum Gasteiger partial charge on any atom is -0.450 e. The zero-order valence-electron chi connectivity index (χ0n) is 21.4. The molecule has 0 spiro atoms. The lowest BCUT2D eigenvalue weighted by atomic mass is 10.1. The molecule has 2 aromatic heterocycles. The standard InChI is InChI=1S/C27H33N5O4S/c1-3-35-27(34)31-11-9-30(10-12-31)25-21(14-20-7-4-6-19(2)24(20)29-25)16-32(17-22-8-5-13-36-22)26(33)23-15-28-18-37-23/h4,6-7,14-15,18,22H,3,5,8-13,16-17H2,1-2H3/t22-/m0/s1. The minimum absolute atomic E-state index is 0.0316. The van der Waals surface area contributed by atoms with Crippen LogP contribution in [0.1, 0.15) is 40.6 Å². The number of hydrogen-bond acceptors (Lipinski definition) is 8. The molecular formula is C27H33N5O4S. The third-order valence-corrected chi connectivity index (χ3v) is 7.71. The Hall–Kier alpha value is -3.24. The first-order valence-electron chi connectivity index (χ1n) is 12.9. The van der Waals surface area contributed by atoms with E-state index < -0.39 is 0 Å². The zero-order chi connectivity index (χ0) is 25.8. The van der Waals surface area contributed by atoms with Crippen molar-refractivity contribution < 1.29 is 19.1 Å². The number of para-hydroxylation sites is 1. The number of thiazole rings is 1. The summed E-state index contributed by atoms with van der Waals surface area (Å²) in [5.74, 6) is 0.820. The first kappa shape index (κ1) is 25.4. The van der Waals surface area contributed by atoms with Crippen LogP contribution >= 0.6 is 11.3 Å². The smallest absolute Gasteiger partial charge is 0.409 e. The summed E-state index contributed by atoms with van der Waals surface area (Å²) in [5.41, 5.74) is 4.73. The number of pyridine rings is 1.